The van der Waals surface area contributed by atoms with Gasteiger partial charge in [0, 0.05) is 20.1 Å². The lowest BCUT2D eigenvalue weighted by molar-refractivity contribution is -0.186. The summed E-state index contributed by atoms with van der Waals surface area (Å²) in [6.45, 7) is 1.98. The van der Waals surface area contributed by atoms with E-state index in [1.54, 1.807) is 6.92 Å². The van der Waals surface area contributed by atoms with Crippen molar-refractivity contribution >= 4 is 5.97 Å². The Bertz CT molecular complexity index is 290. The first kappa shape index (κ1) is 9.62. The Balaban J connectivity index is 2.74. The van der Waals surface area contributed by atoms with E-state index in [2.05, 4.69) is 11.2 Å². The number of esters is 1. The molecule has 0 amide bonds. The zero-order valence-corrected chi connectivity index (χ0v) is 7.59. The fourth-order valence-corrected chi connectivity index (χ4v) is 1.03. The van der Waals surface area contributed by atoms with Crippen LogP contribution < -0.4 is 5.32 Å². The van der Waals surface area contributed by atoms with Gasteiger partial charge in [0.1, 0.15) is 0 Å². The molecule has 1 aliphatic heterocycles. The molecule has 0 fully saturated rings. The Morgan fingerprint density at radius 2 is 2.54 bits per heavy atom. The highest BCUT2D eigenvalue weighted by Crippen LogP contribution is 2.25. The summed E-state index contributed by atoms with van der Waals surface area (Å²) in [7, 11) is 1.46. The minimum Gasteiger partial charge on any atom is -0.424 e. The molecule has 1 aliphatic rings. The second-order valence-electron chi connectivity index (χ2n) is 2.69. The van der Waals surface area contributed by atoms with E-state index in [1.807, 2.05) is 0 Å². The number of cyclic esters (lactones) is 1. The minimum absolute atomic E-state index is 0.335. The molecule has 0 saturated heterocycles. The fraction of sp³-hybridized carbons (Fsp3) is 0.444. The summed E-state index contributed by atoms with van der Waals surface area (Å²) in [6, 6.07) is 0. The molecule has 0 unspecified atom stereocenters. The van der Waals surface area contributed by atoms with Crippen LogP contribution in [0, 0.1) is 12.3 Å². The van der Waals surface area contributed by atoms with E-state index in [0.29, 0.717) is 12.2 Å². The molecule has 70 valence electrons. The largest absolute Gasteiger partial charge is 0.424 e. The lowest BCUT2D eigenvalue weighted by atomic mass is 10.2. The van der Waals surface area contributed by atoms with Crippen LogP contribution in [0.5, 0.6) is 0 Å². The van der Waals surface area contributed by atoms with E-state index in [1.165, 1.54) is 13.2 Å². The van der Waals surface area contributed by atoms with Gasteiger partial charge in [-0.25, -0.2) is 4.79 Å². The van der Waals surface area contributed by atoms with Gasteiger partial charge >= 0.3 is 5.97 Å². The molecule has 4 nitrogen and oxygen atoms in total. The first-order valence-corrected chi connectivity index (χ1v) is 3.80. The third kappa shape index (κ3) is 1.82. The zero-order valence-electron chi connectivity index (χ0n) is 7.59. The van der Waals surface area contributed by atoms with Crippen LogP contribution in [0.4, 0.5) is 0 Å². The average Bonchev–Trinajstić information content (AvgIpc) is 2.39. The summed E-state index contributed by atoms with van der Waals surface area (Å²) in [5, 5.41) is 2.86. The third-order valence-electron chi connectivity index (χ3n) is 1.82. The maximum Gasteiger partial charge on any atom is 0.335 e. The molecule has 13 heavy (non-hydrogen) atoms. The molecule has 0 bridgehead atoms. The van der Waals surface area contributed by atoms with Gasteiger partial charge in [0.05, 0.1) is 12.2 Å². The number of carbonyl (C=O) groups is 1. The van der Waals surface area contributed by atoms with Crippen molar-refractivity contribution < 1.29 is 14.3 Å². The van der Waals surface area contributed by atoms with Crippen molar-refractivity contribution in [2.45, 2.75) is 12.7 Å². The van der Waals surface area contributed by atoms with E-state index >= 15 is 0 Å². The van der Waals surface area contributed by atoms with Crippen molar-refractivity contribution in [3.8, 4) is 12.3 Å². The maximum atomic E-state index is 10.9. The summed E-state index contributed by atoms with van der Waals surface area (Å²) < 4.78 is 9.96. The number of hydrogen-bond acceptors (Lipinski definition) is 4. The van der Waals surface area contributed by atoms with Gasteiger partial charge in [-0.3, -0.25) is 0 Å². The minimum atomic E-state index is -1.02. The van der Waals surface area contributed by atoms with Gasteiger partial charge in [-0.15, -0.1) is 6.42 Å². The Labute approximate surface area is 76.9 Å². The third-order valence-corrected chi connectivity index (χ3v) is 1.82. The molecule has 0 aromatic heterocycles. The molecule has 1 rings (SSSR count). The average molecular weight is 181 g/mol. The first-order valence-electron chi connectivity index (χ1n) is 3.80. The van der Waals surface area contributed by atoms with Crippen LogP contribution in [-0.2, 0) is 14.3 Å². The van der Waals surface area contributed by atoms with Crippen molar-refractivity contribution in [1.29, 1.82) is 0 Å². The van der Waals surface area contributed by atoms with Crippen molar-refractivity contribution in [3.63, 3.8) is 0 Å². The van der Waals surface area contributed by atoms with Gasteiger partial charge in [0.15, 0.2) is 0 Å². The summed E-state index contributed by atoms with van der Waals surface area (Å²) in [4.78, 5) is 10.9. The van der Waals surface area contributed by atoms with Gasteiger partial charge in [-0.1, -0.05) is 5.92 Å². The number of ether oxygens (including phenoxy) is 2. The topological polar surface area (TPSA) is 47.6 Å². The second-order valence-corrected chi connectivity index (χ2v) is 2.69. The predicted octanol–water partition coefficient (Wildman–Crippen LogP) is 0.0125. The Morgan fingerprint density at radius 3 is 3.08 bits per heavy atom. The normalized spacial score (nSPS) is 26.2. The molecule has 0 spiro atoms. The van der Waals surface area contributed by atoms with Crippen LogP contribution in [0.15, 0.2) is 11.8 Å². The van der Waals surface area contributed by atoms with E-state index in [0.717, 1.165) is 0 Å². The lowest BCUT2D eigenvalue weighted by Gasteiger charge is -2.24. The van der Waals surface area contributed by atoms with Crippen LogP contribution in [-0.4, -0.2) is 25.4 Å². The van der Waals surface area contributed by atoms with Crippen LogP contribution in [0.1, 0.15) is 6.92 Å². The zero-order chi connectivity index (χ0) is 9.90. The van der Waals surface area contributed by atoms with E-state index in [4.69, 9.17) is 15.9 Å². The number of terminal acetylenes is 1. The smallest absolute Gasteiger partial charge is 0.335 e. The number of carbonyl (C=O) groups excluding carboxylic acids is 1. The summed E-state index contributed by atoms with van der Waals surface area (Å²) in [5.74, 6) is 0.950. The van der Waals surface area contributed by atoms with Crippen molar-refractivity contribution in [2.75, 3.05) is 13.7 Å². The monoisotopic (exact) mass is 181 g/mol. The highest BCUT2D eigenvalue weighted by Gasteiger charge is 2.38. The molecule has 1 N–H and O–H groups in total. The first-order chi connectivity index (χ1) is 6.12. The Morgan fingerprint density at radius 1 is 1.85 bits per heavy atom. The lowest BCUT2D eigenvalue weighted by Crippen LogP contribution is -2.36. The van der Waals surface area contributed by atoms with Crippen molar-refractivity contribution in [1.82, 2.24) is 5.32 Å². The summed E-state index contributed by atoms with van der Waals surface area (Å²) in [5.41, 5.74) is 0.554. The standard InChI is InChI=1S/C9H11NO3/c1-4-5-10-7-6-8(11)13-9(7,2)12-3/h1,6,10H,5H2,2-3H3/t9-/m0/s1. The van der Waals surface area contributed by atoms with Gasteiger partial charge in [-0.05, 0) is 0 Å². The molecule has 0 aromatic carbocycles. The molecule has 1 heterocycles. The van der Waals surface area contributed by atoms with Gasteiger partial charge in [0.2, 0.25) is 0 Å². The Hall–Kier alpha value is -1.47. The highest BCUT2D eigenvalue weighted by atomic mass is 16.7. The fourth-order valence-electron chi connectivity index (χ4n) is 1.03. The van der Waals surface area contributed by atoms with Crippen LogP contribution in [0.25, 0.3) is 0 Å². The van der Waals surface area contributed by atoms with E-state index in [9.17, 15) is 4.79 Å². The molecular formula is C9H11NO3. The second kappa shape index (κ2) is 3.50. The SMILES string of the molecule is C#CCNC1=CC(=O)O[C@]1(C)OC. The number of nitrogens with one attached hydrogen (secondary N) is 1. The van der Waals surface area contributed by atoms with Gasteiger partial charge in [-0.2, -0.15) is 0 Å². The number of methoxy groups -OCH3 is 1. The Kier molecular flexibility index (Phi) is 2.59. The van der Waals surface area contributed by atoms with E-state index in [-0.39, 0.29) is 0 Å². The molecular weight excluding hydrogens is 170 g/mol. The van der Waals surface area contributed by atoms with Crippen LogP contribution in [0.2, 0.25) is 0 Å². The van der Waals surface area contributed by atoms with Crippen LogP contribution in [0.3, 0.4) is 0 Å². The summed E-state index contributed by atoms with van der Waals surface area (Å²) >= 11 is 0. The van der Waals surface area contributed by atoms with E-state index < -0.39 is 11.8 Å². The number of rotatable bonds is 3. The molecule has 0 aromatic rings. The maximum absolute atomic E-state index is 10.9. The molecule has 0 saturated carbocycles. The molecule has 0 radical (unpaired) electrons. The van der Waals surface area contributed by atoms with Crippen molar-refractivity contribution in [2.24, 2.45) is 0 Å². The highest BCUT2D eigenvalue weighted by molar-refractivity contribution is 5.86. The predicted molar refractivity (Wildman–Crippen MR) is 46.4 cm³/mol. The summed E-state index contributed by atoms with van der Waals surface area (Å²) in [6.07, 6.45) is 6.40. The molecule has 0 aliphatic carbocycles. The molecule has 4 heteroatoms. The quantitative estimate of drug-likeness (QED) is 0.492. The molecule has 1 atom stereocenters. The van der Waals surface area contributed by atoms with Crippen LogP contribution >= 0.6 is 0 Å². The van der Waals surface area contributed by atoms with Crippen molar-refractivity contribution in [3.05, 3.63) is 11.8 Å². The van der Waals surface area contributed by atoms with Gasteiger partial charge < -0.3 is 14.8 Å². The number of hydrogen-bond donors (Lipinski definition) is 1. The van der Waals surface area contributed by atoms with Gasteiger partial charge in [0.25, 0.3) is 5.79 Å².